The molecule has 0 aliphatic rings. The van der Waals surface area contributed by atoms with Crippen molar-refractivity contribution in [2.24, 2.45) is 0 Å². The number of hydrogen-bond donors (Lipinski definition) is 0. The highest BCUT2D eigenvalue weighted by Gasteiger charge is 2.11. The Hall–Kier alpha value is -3.02. The second kappa shape index (κ2) is 9.26. The van der Waals surface area contributed by atoms with Crippen molar-refractivity contribution in [3.63, 3.8) is 0 Å². The highest BCUT2D eigenvalue weighted by molar-refractivity contribution is 7.13. The van der Waals surface area contributed by atoms with Gasteiger partial charge in [-0.1, -0.05) is 36.4 Å². The first-order valence-electron chi connectivity index (χ1n) is 8.57. The van der Waals surface area contributed by atoms with Gasteiger partial charge in [-0.25, -0.2) is 0 Å². The van der Waals surface area contributed by atoms with Gasteiger partial charge in [-0.15, -0.1) is 23.7 Å². The number of ketones is 1. The Morgan fingerprint density at radius 1 is 1.04 bits per heavy atom. The van der Waals surface area contributed by atoms with Gasteiger partial charge in [0.2, 0.25) is 0 Å². The molecule has 4 aromatic rings. The lowest BCUT2D eigenvalue weighted by Gasteiger charge is -2.00. The summed E-state index contributed by atoms with van der Waals surface area (Å²) in [5.41, 5.74) is 3.62. The van der Waals surface area contributed by atoms with Crippen molar-refractivity contribution >= 4 is 35.6 Å². The van der Waals surface area contributed by atoms with E-state index in [0.717, 1.165) is 16.1 Å². The Balaban J connectivity index is 0.00000225. The van der Waals surface area contributed by atoms with Gasteiger partial charge in [0.1, 0.15) is 5.69 Å². The van der Waals surface area contributed by atoms with Gasteiger partial charge in [0.25, 0.3) is 0 Å². The molecule has 3 heterocycles. The largest absolute Gasteiger partial charge is 0.289 e. The van der Waals surface area contributed by atoms with Crippen LogP contribution >= 0.6 is 23.7 Å². The Bertz CT molecular complexity index is 1060. The van der Waals surface area contributed by atoms with Crippen molar-refractivity contribution in [1.29, 1.82) is 0 Å². The number of pyridine rings is 1. The average molecular weight is 408 g/mol. The molecule has 0 saturated carbocycles. The summed E-state index contributed by atoms with van der Waals surface area (Å²) in [5.74, 6) is -0.0506. The molecule has 4 nitrogen and oxygen atoms in total. The Labute approximate surface area is 173 Å². The number of hydrogen-bond acceptors (Lipinski definition) is 4. The number of allylic oxidation sites excluding steroid dienone is 1. The Morgan fingerprint density at radius 2 is 1.82 bits per heavy atom. The Morgan fingerprint density at radius 3 is 2.54 bits per heavy atom. The number of nitrogens with zero attached hydrogens (tertiary/aromatic N) is 3. The van der Waals surface area contributed by atoms with E-state index in [0.29, 0.717) is 12.1 Å². The van der Waals surface area contributed by atoms with Crippen LogP contribution in [0, 0.1) is 0 Å². The molecule has 0 aliphatic heterocycles. The molecule has 0 fully saturated rings. The van der Waals surface area contributed by atoms with Gasteiger partial charge in [-0.05, 0) is 41.3 Å². The molecule has 0 N–H and O–H groups in total. The molecule has 140 valence electrons. The van der Waals surface area contributed by atoms with Gasteiger partial charge in [0.15, 0.2) is 5.78 Å². The number of carbonyl (C=O) groups excluding carboxylic acids is 1. The number of thiophene rings is 1. The van der Waals surface area contributed by atoms with Gasteiger partial charge in [0.05, 0.1) is 11.4 Å². The molecule has 0 amide bonds. The average Bonchev–Trinajstić information content (AvgIpc) is 3.37. The quantitative estimate of drug-likeness (QED) is 0.318. The van der Waals surface area contributed by atoms with Gasteiger partial charge >= 0.3 is 0 Å². The third kappa shape index (κ3) is 4.63. The van der Waals surface area contributed by atoms with Crippen LogP contribution in [0.2, 0.25) is 0 Å². The fourth-order valence-electron chi connectivity index (χ4n) is 2.79. The van der Waals surface area contributed by atoms with Crippen LogP contribution in [0.1, 0.15) is 21.5 Å². The third-order valence-electron chi connectivity index (χ3n) is 4.11. The van der Waals surface area contributed by atoms with Crippen LogP contribution in [-0.2, 0) is 6.54 Å². The monoisotopic (exact) mass is 407 g/mol. The van der Waals surface area contributed by atoms with Crippen molar-refractivity contribution in [1.82, 2.24) is 14.8 Å². The summed E-state index contributed by atoms with van der Waals surface area (Å²) in [6.45, 7) is 0.686. The minimum Gasteiger partial charge on any atom is -0.289 e. The van der Waals surface area contributed by atoms with Crippen LogP contribution in [-0.4, -0.2) is 20.5 Å². The molecular formula is C22H18ClN3OS. The first-order chi connectivity index (χ1) is 13.3. The summed E-state index contributed by atoms with van der Waals surface area (Å²) in [5, 5.41) is 6.78. The van der Waals surface area contributed by atoms with E-state index in [-0.39, 0.29) is 18.2 Å². The Kier molecular flexibility index (Phi) is 6.53. The lowest BCUT2D eigenvalue weighted by Crippen LogP contribution is -1.99. The van der Waals surface area contributed by atoms with Crippen molar-refractivity contribution < 1.29 is 4.79 Å². The standard InChI is InChI=1S/C22H17N3OS.ClH/c26-20(18-10-12-23-13-11-18)9-8-19-16-25(15-17-5-2-1-3-6-17)24-22(19)21-7-4-14-27-21;/h1-14,16H,15H2;1H/b9-8+;. The van der Waals surface area contributed by atoms with E-state index < -0.39 is 0 Å². The highest BCUT2D eigenvalue weighted by Crippen LogP contribution is 2.28. The van der Waals surface area contributed by atoms with Gasteiger partial charge in [0, 0.05) is 29.7 Å². The SMILES string of the molecule is Cl.O=C(/C=C/c1cn(Cc2ccccc2)nc1-c1cccs1)c1ccncc1. The maximum Gasteiger partial charge on any atom is 0.185 e. The van der Waals surface area contributed by atoms with E-state index >= 15 is 0 Å². The lowest BCUT2D eigenvalue weighted by atomic mass is 10.1. The van der Waals surface area contributed by atoms with E-state index in [1.165, 1.54) is 5.56 Å². The second-order valence-corrected chi connectivity index (χ2v) is 6.97. The molecule has 0 aliphatic carbocycles. The van der Waals surface area contributed by atoms with E-state index in [1.807, 2.05) is 52.7 Å². The summed E-state index contributed by atoms with van der Waals surface area (Å²) in [6.07, 6.45) is 8.66. The number of halogens is 1. The predicted molar refractivity (Wildman–Crippen MR) is 116 cm³/mol. The summed E-state index contributed by atoms with van der Waals surface area (Å²) >= 11 is 1.64. The maximum atomic E-state index is 12.4. The van der Waals surface area contributed by atoms with E-state index in [9.17, 15) is 4.79 Å². The van der Waals surface area contributed by atoms with Crippen LogP contribution in [0.15, 0.2) is 84.6 Å². The summed E-state index contributed by atoms with van der Waals surface area (Å²) in [7, 11) is 0. The second-order valence-electron chi connectivity index (χ2n) is 6.03. The molecule has 0 bridgehead atoms. The van der Waals surface area contributed by atoms with E-state index in [4.69, 9.17) is 5.10 Å². The minimum atomic E-state index is -0.0506. The summed E-state index contributed by atoms with van der Waals surface area (Å²) < 4.78 is 1.92. The highest BCUT2D eigenvalue weighted by atomic mass is 35.5. The molecule has 0 unspecified atom stereocenters. The maximum absolute atomic E-state index is 12.4. The normalized spacial score (nSPS) is 10.7. The first kappa shape index (κ1) is 19.7. The molecule has 4 rings (SSSR count). The molecule has 28 heavy (non-hydrogen) atoms. The zero-order valence-corrected chi connectivity index (χ0v) is 16.6. The van der Waals surface area contributed by atoms with Crippen LogP contribution in [0.25, 0.3) is 16.6 Å². The van der Waals surface area contributed by atoms with Gasteiger partial charge in [-0.3, -0.25) is 14.5 Å². The summed E-state index contributed by atoms with van der Waals surface area (Å²) in [6, 6.07) is 17.7. The first-order valence-corrected chi connectivity index (χ1v) is 9.45. The van der Waals surface area contributed by atoms with Gasteiger partial charge in [-0.2, -0.15) is 5.10 Å². The lowest BCUT2D eigenvalue weighted by molar-refractivity contribution is 0.104. The predicted octanol–water partition coefficient (Wildman–Crippen LogP) is 5.37. The fraction of sp³-hybridized carbons (Fsp3) is 0.0455. The number of carbonyl (C=O) groups is 1. The molecule has 1 aromatic carbocycles. The fourth-order valence-corrected chi connectivity index (χ4v) is 3.52. The number of benzene rings is 1. The van der Waals surface area contributed by atoms with Crippen LogP contribution in [0.4, 0.5) is 0 Å². The molecule has 0 atom stereocenters. The van der Waals surface area contributed by atoms with Crippen LogP contribution in [0.3, 0.4) is 0 Å². The number of rotatable bonds is 6. The topological polar surface area (TPSA) is 47.8 Å². The molecular weight excluding hydrogens is 390 g/mol. The zero-order valence-electron chi connectivity index (χ0n) is 14.9. The smallest absolute Gasteiger partial charge is 0.185 e. The third-order valence-corrected chi connectivity index (χ3v) is 4.99. The number of aromatic nitrogens is 3. The molecule has 0 spiro atoms. The summed E-state index contributed by atoms with van der Waals surface area (Å²) in [4.78, 5) is 17.4. The van der Waals surface area contributed by atoms with Crippen molar-refractivity contribution in [3.05, 3.63) is 101 Å². The van der Waals surface area contributed by atoms with Gasteiger partial charge < -0.3 is 0 Å². The van der Waals surface area contributed by atoms with Crippen molar-refractivity contribution in [2.45, 2.75) is 6.54 Å². The minimum absolute atomic E-state index is 0. The van der Waals surface area contributed by atoms with Crippen LogP contribution in [0.5, 0.6) is 0 Å². The molecule has 0 saturated heterocycles. The van der Waals surface area contributed by atoms with Crippen molar-refractivity contribution in [3.8, 4) is 10.6 Å². The van der Waals surface area contributed by atoms with E-state index in [1.54, 1.807) is 41.9 Å². The molecule has 6 heteroatoms. The van der Waals surface area contributed by atoms with E-state index in [2.05, 4.69) is 17.1 Å². The molecule has 3 aromatic heterocycles. The van der Waals surface area contributed by atoms with Crippen LogP contribution < -0.4 is 0 Å². The van der Waals surface area contributed by atoms with Crippen molar-refractivity contribution in [2.75, 3.05) is 0 Å². The zero-order chi connectivity index (χ0) is 18.5. The molecule has 0 radical (unpaired) electrons.